The molecule has 1 N–H and O–H groups in total. The molecule has 8 heteroatoms. The number of aliphatic hydroxyl groups excluding tert-OH is 1. The van der Waals surface area contributed by atoms with Crippen molar-refractivity contribution >= 4 is 29.4 Å². The lowest BCUT2D eigenvalue weighted by Gasteiger charge is -2.31. The van der Waals surface area contributed by atoms with E-state index in [4.69, 9.17) is 20.8 Å². The summed E-state index contributed by atoms with van der Waals surface area (Å²) in [6, 6.07) is 9.70. The summed E-state index contributed by atoms with van der Waals surface area (Å²) in [6.07, 6.45) is 4.32. The average molecular weight is 443 g/mol. The molecule has 7 nitrogen and oxygen atoms in total. The second-order valence-electron chi connectivity index (χ2n) is 7.39. The molecule has 0 aliphatic carbocycles. The van der Waals surface area contributed by atoms with E-state index in [0.717, 1.165) is 13.1 Å². The van der Waals surface area contributed by atoms with Gasteiger partial charge in [-0.1, -0.05) is 23.7 Å². The van der Waals surface area contributed by atoms with E-state index in [2.05, 4.69) is 4.90 Å². The fourth-order valence-corrected chi connectivity index (χ4v) is 4.07. The fraction of sp³-hybridized carbons (Fsp3) is 0.304. The third-order valence-electron chi connectivity index (χ3n) is 5.44. The summed E-state index contributed by atoms with van der Waals surface area (Å²) >= 11 is 6.18. The molecule has 0 bridgehead atoms. The predicted molar refractivity (Wildman–Crippen MR) is 116 cm³/mol. The summed E-state index contributed by atoms with van der Waals surface area (Å²) in [5, 5.41) is 11.1. The van der Waals surface area contributed by atoms with E-state index in [-0.39, 0.29) is 5.57 Å². The van der Waals surface area contributed by atoms with E-state index >= 15 is 0 Å². The Hall–Kier alpha value is -2.87. The van der Waals surface area contributed by atoms with Crippen molar-refractivity contribution in [1.29, 1.82) is 0 Å². The minimum atomic E-state index is -0.721. The van der Waals surface area contributed by atoms with Gasteiger partial charge in [0.1, 0.15) is 5.76 Å². The molecule has 3 heterocycles. The number of ether oxygens (including phenoxy) is 1. The van der Waals surface area contributed by atoms with Crippen LogP contribution in [0.2, 0.25) is 5.02 Å². The molecular formula is C23H23ClN2O5. The lowest BCUT2D eigenvalue weighted by molar-refractivity contribution is -0.129. The molecule has 0 spiro atoms. The molecule has 2 aliphatic heterocycles. The molecule has 2 aliphatic rings. The third kappa shape index (κ3) is 4.74. The number of carbonyl (C=O) groups is 2. The van der Waals surface area contributed by atoms with Crippen LogP contribution in [0, 0.1) is 0 Å². The number of aliphatic hydroxyl groups is 1. The molecule has 1 aromatic carbocycles. The van der Waals surface area contributed by atoms with Crippen molar-refractivity contribution in [2.75, 3.05) is 39.4 Å². The molecule has 162 valence electrons. The second kappa shape index (κ2) is 9.51. The SMILES string of the molecule is O=C(C=Cc1ccco1)C1=C(O)C(=O)N(CCN2CCOCC2)C1c1cccc(Cl)c1. The number of furan rings is 1. The lowest BCUT2D eigenvalue weighted by Crippen LogP contribution is -2.43. The van der Waals surface area contributed by atoms with E-state index in [1.54, 1.807) is 36.4 Å². The maximum atomic E-state index is 13.0. The number of nitrogens with zero attached hydrogens (tertiary/aromatic N) is 2. The number of halogens is 1. The van der Waals surface area contributed by atoms with Gasteiger partial charge in [0.25, 0.3) is 5.91 Å². The van der Waals surface area contributed by atoms with Crippen LogP contribution in [0.4, 0.5) is 0 Å². The van der Waals surface area contributed by atoms with E-state index < -0.39 is 23.5 Å². The molecule has 1 aromatic heterocycles. The van der Waals surface area contributed by atoms with Gasteiger partial charge in [-0.2, -0.15) is 0 Å². The Morgan fingerprint density at radius 2 is 2.00 bits per heavy atom. The summed E-state index contributed by atoms with van der Waals surface area (Å²) in [5.74, 6) is -1.05. The van der Waals surface area contributed by atoms with E-state index in [1.807, 2.05) is 0 Å². The standard InChI is InChI=1S/C23H23ClN2O5/c24-17-4-1-3-16(15-17)21-20(19(27)7-6-18-5-2-12-31-18)22(28)23(29)26(21)9-8-25-10-13-30-14-11-25/h1-7,12,15,21,28H,8-11,13-14H2. The number of hydrogen-bond acceptors (Lipinski definition) is 6. The number of morpholine rings is 1. The Morgan fingerprint density at radius 3 is 2.71 bits per heavy atom. The van der Waals surface area contributed by atoms with Gasteiger partial charge in [-0.3, -0.25) is 14.5 Å². The summed E-state index contributed by atoms with van der Waals surface area (Å²) in [5.41, 5.74) is 0.707. The summed E-state index contributed by atoms with van der Waals surface area (Å²) < 4.78 is 10.6. The highest BCUT2D eigenvalue weighted by atomic mass is 35.5. The minimum Gasteiger partial charge on any atom is -0.503 e. The van der Waals surface area contributed by atoms with Crippen LogP contribution in [0.15, 0.2) is 64.5 Å². The van der Waals surface area contributed by atoms with Crippen LogP contribution in [0.5, 0.6) is 0 Å². The molecule has 1 fully saturated rings. The molecular weight excluding hydrogens is 420 g/mol. The number of carbonyl (C=O) groups excluding carboxylic acids is 2. The quantitative estimate of drug-likeness (QED) is 0.663. The average Bonchev–Trinajstić information content (AvgIpc) is 3.38. The number of benzene rings is 1. The van der Waals surface area contributed by atoms with E-state index in [1.165, 1.54) is 23.3 Å². The zero-order valence-corrected chi connectivity index (χ0v) is 17.6. The molecule has 4 rings (SSSR count). The second-order valence-corrected chi connectivity index (χ2v) is 7.82. The molecule has 31 heavy (non-hydrogen) atoms. The van der Waals surface area contributed by atoms with Crippen molar-refractivity contribution in [2.45, 2.75) is 6.04 Å². The molecule has 1 atom stereocenters. The van der Waals surface area contributed by atoms with E-state index in [9.17, 15) is 14.7 Å². The van der Waals surface area contributed by atoms with Gasteiger partial charge >= 0.3 is 0 Å². The first kappa shape index (κ1) is 21.4. The van der Waals surface area contributed by atoms with Crippen LogP contribution in [0.1, 0.15) is 17.4 Å². The van der Waals surface area contributed by atoms with Gasteiger partial charge < -0.3 is 19.2 Å². The molecule has 0 radical (unpaired) electrons. The first-order valence-electron chi connectivity index (χ1n) is 10.1. The molecule has 0 saturated carbocycles. The predicted octanol–water partition coefficient (Wildman–Crippen LogP) is 3.24. The van der Waals surface area contributed by atoms with Gasteiger partial charge in [-0.05, 0) is 42.0 Å². The van der Waals surface area contributed by atoms with Gasteiger partial charge in [0, 0.05) is 31.2 Å². The van der Waals surface area contributed by atoms with Crippen molar-refractivity contribution in [3.8, 4) is 0 Å². The number of allylic oxidation sites excluding steroid dienone is 1. The summed E-state index contributed by atoms with van der Waals surface area (Å²) in [6.45, 7) is 3.83. The van der Waals surface area contributed by atoms with Crippen molar-refractivity contribution in [3.05, 3.63) is 76.4 Å². The first-order chi connectivity index (χ1) is 15.0. The molecule has 1 saturated heterocycles. The Kier molecular flexibility index (Phi) is 6.56. The fourth-order valence-electron chi connectivity index (χ4n) is 3.87. The van der Waals surface area contributed by atoms with Crippen molar-refractivity contribution in [1.82, 2.24) is 9.80 Å². The Balaban J connectivity index is 1.62. The summed E-state index contributed by atoms with van der Waals surface area (Å²) in [4.78, 5) is 29.7. The van der Waals surface area contributed by atoms with Crippen LogP contribution < -0.4 is 0 Å². The highest BCUT2D eigenvalue weighted by molar-refractivity contribution is 6.30. The zero-order chi connectivity index (χ0) is 21.8. The largest absolute Gasteiger partial charge is 0.503 e. The van der Waals surface area contributed by atoms with Gasteiger partial charge in [0.05, 0.1) is 31.1 Å². The van der Waals surface area contributed by atoms with Crippen molar-refractivity contribution < 1.29 is 23.8 Å². The van der Waals surface area contributed by atoms with Gasteiger partial charge in [-0.15, -0.1) is 0 Å². The minimum absolute atomic E-state index is 0.0389. The molecule has 2 aromatic rings. The number of hydrogen-bond donors (Lipinski definition) is 1. The van der Waals surface area contributed by atoms with Gasteiger partial charge in [0.15, 0.2) is 11.5 Å². The highest BCUT2D eigenvalue weighted by Gasteiger charge is 2.42. The Morgan fingerprint density at radius 1 is 1.19 bits per heavy atom. The van der Waals surface area contributed by atoms with E-state index in [0.29, 0.717) is 42.6 Å². The lowest BCUT2D eigenvalue weighted by atomic mass is 9.96. The number of ketones is 1. The number of amides is 1. The highest BCUT2D eigenvalue weighted by Crippen LogP contribution is 2.38. The molecule has 1 amide bonds. The topological polar surface area (TPSA) is 83.2 Å². The van der Waals surface area contributed by atoms with Crippen LogP contribution in [-0.4, -0.2) is 66.0 Å². The van der Waals surface area contributed by atoms with Crippen LogP contribution in [-0.2, 0) is 14.3 Å². The van der Waals surface area contributed by atoms with Crippen molar-refractivity contribution in [2.24, 2.45) is 0 Å². The van der Waals surface area contributed by atoms with Gasteiger partial charge in [0.2, 0.25) is 0 Å². The smallest absolute Gasteiger partial charge is 0.290 e. The molecule has 1 unspecified atom stereocenters. The summed E-state index contributed by atoms with van der Waals surface area (Å²) in [7, 11) is 0. The maximum absolute atomic E-state index is 13.0. The monoisotopic (exact) mass is 442 g/mol. The first-order valence-corrected chi connectivity index (χ1v) is 10.5. The maximum Gasteiger partial charge on any atom is 0.290 e. The van der Waals surface area contributed by atoms with Gasteiger partial charge in [-0.25, -0.2) is 0 Å². The number of rotatable bonds is 7. The van der Waals surface area contributed by atoms with Crippen LogP contribution in [0.25, 0.3) is 6.08 Å². The van der Waals surface area contributed by atoms with Crippen LogP contribution >= 0.6 is 11.6 Å². The van der Waals surface area contributed by atoms with Crippen LogP contribution in [0.3, 0.4) is 0 Å². The Labute approximate surface area is 185 Å². The zero-order valence-electron chi connectivity index (χ0n) is 16.9. The van der Waals surface area contributed by atoms with Crippen molar-refractivity contribution in [3.63, 3.8) is 0 Å². The Bertz CT molecular complexity index is 1010. The normalized spacial score (nSPS) is 20.2. The third-order valence-corrected chi connectivity index (χ3v) is 5.67.